The predicted octanol–water partition coefficient (Wildman–Crippen LogP) is 1.57. The van der Waals surface area contributed by atoms with Crippen LogP contribution in [0.3, 0.4) is 0 Å². The van der Waals surface area contributed by atoms with Gasteiger partial charge in [-0.2, -0.15) is 13.2 Å². The fourth-order valence-corrected chi connectivity index (χ4v) is 1.53. The van der Waals surface area contributed by atoms with Gasteiger partial charge < -0.3 is 11.5 Å². The molecule has 2 rings (SSSR count). The second-order valence-corrected chi connectivity index (χ2v) is 3.78. The van der Waals surface area contributed by atoms with Gasteiger partial charge in [-0.3, -0.25) is 4.79 Å². The van der Waals surface area contributed by atoms with Crippen LogP contribution in [0, 0.1) is 0 Å². The van der Waals surface area contributed by atoms with Crippen LogP contribution in [0.5, 0.6) is 0 Å². The minimum absolute atomic E-state index is 0.0441. The average Bonchev–Trinajstić information content (AvgIpc) is 2.70. The number of aromatic nitrogens is 2. The summed E-state index contributed by atoms with van der Waals surface area (Å²) in [6, 6.07) is 4.48. The van der Waals surface area contributed by atoms with Crippen LogP contribution in [0.4, 0.5) is 19.0 Å². The van der Waals surface area contributed by atoms with Crippen molar-refractivity contribution < 1.29 is 18.0 Å². The SMILES string of the molecule is NC(=O)c1cn(-c2cccc(C(F)(F)F)c2)nc1N. The van der Waals surface area contributed by atoms with Crippen LogP contribution >= 0.6 is 0 Å². The van der Waals surface area contributed by atoms with Crippen molar-refractivity contribution in [1.82, 2.24) is 9.78 Å². The molecule has 0 aliphatic rings. The van der Waals surface area contributed by atoms with Crippen LogP contribution in [0.1, 0.15) is 15.9 Å². The predicted molar refractivity (Wildman–Crippen MR) is 61.5 cm³/mol. The lowest BCUT2D eigenvalue weighted by Gasteiger charge is -2.08. The first kappa shape index (κ1) is 12.9. The highest BCUT2D eigenvalue weighted by molar-refractivity contribution is 5.96. The largest absolute Gasteiger partial charge is 0.416 e. The molecule has 19 heavy (non-hydrogen) atoms. The number of carbonyl (C=O) groups is 1. The number of nitrogen functional groups attached to an aromatic ring is 1. The summed E-state index contributed by atoms with van der Waals surface area (Å²) in [6.07, 6.45) is -3.27. The molecular formula is C11H9F3N4O. The zero-order valence-electron chi connectivity index (χ0n) is 9.48. The number of carbonyl (C=O) groups excluding carboxylic acids is 1. The lowest BCUT2D eigenvalue weighted by atomic mass is 10.2. The molecule has 1 heterocycles. The Balaban J connectivity index is 2.48. The monoisotopic (exact) mass is 270 g/mol. The van der Waals surface area contributed by atoms with E-state index in [-0.39, 0.29) is 17.1 Å². The van der Waals surface area contributed by atoms with Gasteiger partial charge in [-0.15, -0.1) is 5.10 Å². The van der Waals surface area contributed by atoms with Crippen molar-refractivity contribution in [1.29, 1.82) is 0 Å². The summed E-state index contributed by atoms with van der Waals surface area (Å²) in [6.45, 7) is 0. The maximum absolute atomic E-state index is 12.6. The van der Waals surface area contributed by atoms with E-state index in [4.69, 9.17) is 11.5 Å². The first-order valence-corrected chi connectivity index (χ1v) is 5.11. The van der Waals surface area contributed by atoms with Crippen molar-refractivity contribution in [3.63, 3.8) is 0 Å². The third-order valence-electron chi connectivity index (χ3n) is 2.45. The van der Waals surface area contributed by atoms with E-state index in [1.165, 1.54) is 18.3 Å². The standard InChI is InChI=1S/C11H9F3N4O/c12-11(13,14)6-2-1-3-7(4-6)18-5-8(10(16)19)9(15)17-18/h1-5H,(H2,15,17)(H2,16,19). The van der Waals surface area contributed by atoms with E-state index in [2.05, 4.69) is 5.10 Å². The number of amides is 1. The molecule has 0 saturated carbocycles. The Labute approximate surface area is 105 Å². The van der Waals surface area contributed by atoms with Gasteiger partial charge in [0.1, 0.15) is 5.56 Å². The minimum atomic E-state index is -4.46. The van der Waals surface area contributed by atoms with Crippen molar-refractivity contribution in [3.8, 4) is 5.69 Å². The van der Waals surface area contributed by atoms with Crippen LogP contribution in [-0.4, -0.2) is 15.7 Å². The summed E-state index contributed by atoms with van der Waals surface area (Å²) in [5, 5.41) is 3.75. The molecule has 1 aromatic heterocycles. The quantitative estimate of drug-likeness (QED) is 0.868. The van der Waals surface area contributed by atoms with Gasteiger partial charge in [-0.05, 0) is 18.2 Å². The molecule has 0 spiro atoms. The molecule has 0 aliphatic carbocycles. The number of anilines is 1. The number of benzene rings is 1. The first-order chi connectivity index (χ1) is 8.79. The van der Waals surface area contributed by atoms with Gasteiger partial charge in [0.05, 0.1) is 11.3 Å². The number of hydrogen-bond donors (Lipinski definition) is 2. The molecule has 1 amide bonds. The highest BCUT2D eigenvalue weighted by Gasteiger charge is 2.30. The van der Waals surface area contributed by atoms with Crippen LogP contribution in [0.25, 0.3) is 5.69 Å². The Kier molecular flexibility index (Phi) is 2.93. The second kappa shape index (κ2) is 4.30. The van der Waals surface area contributed by atoms with Gasteiger partial charge >= 0.3 is 6.18 Å². The molecule has 8 heteroatoms. The third-order valence-corrected chi connectivity index (χ3v) is 2.45. The molecular weight excluding hydrogens is 261 g/mol. The zero-order chi connectivity index (χ0) is 14.2. The Bertz CT molecular complexity index is 633. The molecule has 0 saturated heterocycles. The number of rotatable bonds is 2. The maximum Gasteiger partial charge on any atom is 0.416 e. The van der Waals surface area contributed by atoms with Gasteiger partial charge in [0.25, 0.3) is 5.91 Å². The molecule has 5 nitrogen and oxygen atoms in total. The molecule has 2 aromatic rings. The Hall–Kier alpha value is -2.51. The molecule has 0 atom stereocenters. The second-order valence-electron chi connectivity index (χ2n) is 3.78. The van der Waals surface area contributed by atoms with Crippen LogP contribution in [-0.2, 0) is 6.18 Å². The first-order valence-electron chi connectivity index (χ1n) is 5.11. The van der Waals surface area contributed by atoms with Crippen molar-refractivity contribution in [2.45, 2.75) is 6.18 Å². The number of hydrogen-bond acceptors (Lipinski definition) is 3. The fraction of sp³-hybridized carbons (Fsp3) is 0.0909. The van der Waals surface area contributed by atoms with Crippen molar-refractivity contribution in [3.05, 3.63) is 41.6 Å². The molecule has 0 fully saturated rings. The van der Waals surface area contributed by atoms with Gasteiger partial charge in [-0.25, -0.2) is 4.68 Å². The molecule has 100 valence electrons. The van der Waals surface area contributed by atoms with E-state index in [1.807, 2.05) is 0 Å². The molecule has 4 N–H and O–H groups in total. The topological polar surface area (TPSA) is 86.9 Å². The number of primary amides is 1. The smallest absolute Gasteiger partial charge is 0.382 e. The van der Waals surface area contributed by atoms with Crippen molar-refractivity contribution in [2.75, 3.05) is 5.73 Å². The van der Waals surface area contributed by atoms with E-state index in [0.29, 0.717) is 0 Å². The summed E-state index contributed by atoms with van der Waals surface area (Å²) in [7, 11) is 0. The molecule has 0 aliphatic heterocycles. The van der Waals surface area contributed by atoms with E-state index >= 15 is 0 Å². The van der Waals surface area contributed by atoms with Gasteiger partial charge in [0.15, 0.2) is 5.82 Å². The molecule has 1 aromatic carbocycles. The third kappa shape index (κ3) is 2.51. The van der Waals surface area contributed by atoms with Crippen LogP contribution in [0.15, 0.2) is 30.5 Å². The van der Waals surface area contributed by atoms with Crippen molar-refractivity contribution in [2.24, 2.45) is 5.73 Å². The van der Waals surface area contributed by atoms with E-state index in [9.17, 15) is 18.0 Å². The molecule has 0 bridgehead atoms. The number of nitrogens with zero attached hydrogens (tertiary/aromatic N) is 2. The zero-order valence-corrected chi connectivity index (χ0v) is 9.48. The normalized spacial score (nSPS) is 11.5. The number of nitrogens with two attached hydrogens (primary N) is 2. The maximum atomic E-state index is 12.6. The Morgan fingerprint density at radius 1 is 1.32 bits per heavy atom. The van der Waals surface area contributed by atoms with Crippen LogP contribution < -0.4 is 11.5 Å². The summed E-state index contributed by atoms with van der Waals surface area (Å²) in [5.41, 5.74) is 9.77. The lowest BCUT2D eigenvalue weighted by molar-refractivity contribution is -0.137. The Morgan fingerprint density at radius 3 is 2.53 bits per heavy atom. The van der Waals surface area contributed by atoms with E-state index in [1.54, 1.807) is 0 Å². The summed E-state index contributed by atoms with van der Waals surface area (Å²) < 4.78 is 38.8. The average molecular weight is 270 g/mol. The Morgan fingerprint density at radius 2 is 2.00 bits per heavy atom. The van der Waals surface area contributed by atoms with Crippen molar-refractivity contribution >= 4 is 11.7 Å². The molecule has 0 unspecified atom stereocenters. The van der Waals surface area contributed by atoms with Crippen LogP contribution in [0.2, 0.25) is 0 Å². The summed E-state index contributed by atoms with van der Waals surface area (Å²) in [5.74, 6) is -0.930. The minimum Gasteiger partial charge on any atom is -0.382 e. The highest BCUT2D eigenvalue weighted by Crippen LogP contribution is 2.30. The summed E-state index contributed by atoms with van der Waals surface area (Å²) in [4.78, 5) is 11.0. The van der Waals surface area contributed by atoms with Gasteiger partial charge in [0, 0.05) is 6.20 Å². The van der Waals surface area contributed by atoms with Gasteiger partial charge in [-0.1, -0.05) is 6.07 Å². The number of alkyl halides is 3. The van der Waals surface area contributed by atoms with E-state index < -0.39 is 17.6 Å². The lowest BCUT2D eigenvalue weighted by Crippen LogP contribution is -2.11. The fourth-order valence-electron chi connectivity index (χ4n) is 1.53. The summed E-state index contributed by atoms with van der Waals surface area (Å²) >= 11 is 0. The molecule has 0 radical (unpaired) electrons. The van der Waals surface area contributed by atoms with E-state index in [0.717, 1.165) is 16.8 Å². The highest BCUT2D eigenvalue weighted by atomic mass is 19.4. The van der Waals surface area contributed by atoms with Gasteiger partial charge in [0.2, 0.25) is 0 Å². The number of halogens is 3.